The van der Waals surface area contributed by atoms with E-state index in [4.69, 9.17) is 14.0 Å². The van der Waals surface area contributed by atoms with Crippen LogP contribution in [-0.4, -0.2) is 37.4 Å². The molecule has 0 radical (unpaired) electrons. The zero-order valence-corrected chi connectivity index (χ0v) is 14.1. The van der Waals surface area contributed by atoms with Gasteiger partial charge in [-0.25, -0.2) is 4.39 Å². The van der Waals surface area contributed by atoms with Gasteiger partial charge in [0, 0.05) is 11.0 Å². The first-order valence-corrected chi connectivity index (χ1v) is 7.74. The maximum Gasteiger partial charge on any atom is 0.497 e. The quantitative estimate of drug-likeness (QED) is 0.798. The number of benzene rings is 1. The van der Waals surface area contributed by atoms with Crippen LogP contribution in [0.15, 0.2) is 6.07 Å². The fourth-order valence-electron chi connectivity index (χ4n) is 2.71. The Hall–Kier alpha value is -1.60. The number of rotatable bonds is 1. The van der Waals surface area contributed by atoms with Crippen LogP contribution in [0.2, 0.25) is 0 Å². The van der Waals surface area contributed by atoms with Gasteiger partial charge in [-0.2, -0.15) is 0 Å². The number of halogens is 1. The molecule has 1 amide bonds. The molecule has 2 aliphatic rings. The van der Waals surface area contributed by atoms with Crippen molar-refractivity contribution in [1.82, 2.24) is 5.32 Å². The van der Waals surface area contributed by atoms with Crippen LogP contribution in [0.3, 0.4) is 0 Å². The molecule has 5 nitrogen and oxygen atoms in total. The molecule has 23 heavy (non-hydrogen) atoms. The smallest absolute Gasteiger partial charge is 0.491 e. The van der Waals surface area contributed by atoms with Crippen LogP contribution < -0.4 is 15.5 Å². The van der Waals surface area contributed by atoms with Gasteiger partial charge in [-0.15, -0.1) is 0 Å². The Morgan fingerprint density at radius 2 is 1.83 bits per heavy atom. The van der Waals surface area contributed by atoms with Gasteiger partial charge in [0.1, 0.15) is 18.2 Å². The van der Waals surface area contributed by atoms with Gasteiger partial charge in [0.25, 0.3) is 5.91 Å². The van der Waals surface area contributed by atoms with Crippen molar-refractivity contribution >= 4 is 18.5 Å². The van der Waals surface area contributed by atoms with Crippen molar-refractivity contribution in [2.45, 2.75) is 45.8 Å². The predicted octanol–water partition coefficient (Wildman–Crippen LogP) is 1.56. The minimum atomic E-state index is -0.861. The highest BCUT2D eigenvalue weighted by Gasteiger charge is 2.52. The van der Waals surface area contributed by atoms with Crippen LogP contribution >= 0.6 is 0 Å². The molecular formula is C16H21BFNO4. The average Bonchev–Trinajstić information content (AvgIpc) is 2.59. The van der Waals surface area contributed by atoms with E-state index >= 15 is 0 Å². The standard InChI is InChI=1S/C16H21BFNO4/c1-9-12(18)11(17-22-15(2,3)16(4,5)23-17)8-10-13(9)21-7-6-19-14(10)20/h8H,6-7H2,1-5H3,(H,19,20). The van der Waals surface area contributed by atoms with Gasteiger partial charge in [0.2, 0.25) is 0 Å². The van der Waals surface area contributed by atoms with E-state index in [9.17, 15) is 9.18 Å². The summed E-state index contributed by atoms with van der Waals surface area (Å²) in [5.41, 5.74) is -0.330. The molecule has 2 heterocycles. The fraction of sp³-hybridized carbons (Fsp3) is 0.562. The van der Waals surface area contributed by atoms with Gasteiger partial charge in [-0.3, -0.25) is 4.79 Å². The molecule has 0 bridgehead atoms. The summed E-state index contributed by atoms with van der Waals surface area (Å²) in [5.74, 6) is -0.451. The van der Waals surface area contributed by atoms with Gasteiger partial charge in [-0.05, 0) is 40.7 Å². The number of amides is 1. The zero-order chi connectivity index (χ0) is 17.0. The summed E-state index contributed by atoms with van der Waals surface area (Å²) >= 11 is 0. The molecule has 0 atom stereocenters. The second kappa shape index (κ2) is 5.21. The van der Waals surface area contributed by atoms with E-state index in [1.165, 1.54) is 6.07 Å². The Labute approximate surface area is 135 Å². The molecule has 1 fully saturated rings. The van der Waals surface area contributed by atoms with Gasteiger partial charge in [-0.1, -0.05) is 0 Å². The number of nitrogens with one attached hydrogen (secondary N) is 1. The van der Waals surface area contributed by atoms with E-state index in [-0.39, 0.29) is 17.1 Å². The largest absolute Gasteiger partial charge is 0.497 e. The monoisotopic (exact) mass is 321 g/mol. The maximum atomic E-state index is 14.8. The van der Waals surface area contributed by atoms with Gasteiger partial charge in [0.05, 0.1) is 23.3 Å². The zero-order valence-electron chi connectivity index (χ0n) is 14.1. The minimum Gasteiger partial charge on any atom is -0.491 e. The summed E-state index contributed by atoms with van der Waals surface area (Å²) in [7, 11) is -0.861. The third-order valence-electron chi connectivity index (χ3n) is 4.85. The molecule has 0 spiro atoms. The Kier molecular flexibility index (Phi) is 3.68. The van der Waals surface area contributed by atoms with Crippen molar-refractivity contribution in [3.8, 4) is 5.75 Å². The van der Waals surface area contributed by atoms with Gasteiger partial charge < -0.3 is 19.4 Å². The fourth-order valence-corrected chi connectivity index (χ4v) is 2.71. The highest BCUT2D eigenvalue weighted by atomic mass is 19.1. The van der Waals surface area contributed by atoms with Crippen molar-refractivity contribution < 1.29 is 23.2 Å². The SMILES string of the molecule is Cc1c(F)c(B2OC(C)(C)C(C)(C)O2)cc2c1OCCNC2=O. The number of hydrogen-bond acceptors (Lipinski definition) is 4. The van der Waals surface area contributed by atoms with E-state index in [0.717, 1.165) is 0 Å². The van der Waals surface area contributed by atoms with E-state index < -0.39 is 24.1 Å². The molecule has 3 rings (SSSR count). The van der Waals surface area contributed by atoms with Crippen LogP contribution in [-0.2, 0) is 9.31 Å². The first kappa shape index (κ1) is 16.3. The lowest BCUT2D eigenvalue weighted by Crippen LogP contribution is -2.41. The summed E-state index contributed by atoms with van der Waals surface area (Å²) in [6.45, 7) is 9.90. The van der Waals surface area contributed by atoms with Crippen molar-refractivity contribution in [3.05, 3.63) is 23.0 Å². The van der Waals surface area contributed by atoms with E-state index in [2.05, 4.69) is 5.32 Å². The first-order valence-electron chi connectivity index (χ1n) is 7.74. The molecule has 0 unspecified atom stereocenters. The van der Waals surface area contributed by atoms with Crippen molar-refractivity contribution in [2.75, 3.05) is 13.2 Å². The highest BCUT2D eigenvalue weighted by molar-refractivity contribution is 6.62. The molecule has 1 aromatic rings. The summed E-state index contributed by atoms with van der Waals surface area (Å²) in [5, 5.41) is 2.73. The number of ether oxygens (including phenoxy) is 1. The third kappa shape index (κ3) is 2.52. The maximum absolute atomic E-state index is 14.8. The van der Waals surface area contributed by atoms with Crippen molar-refractivity contribution in [3.63, 3.8) is 0 Å². The molecule has 0 aliphatic carbocycles. The lowest BCUT2D eigenvalue weighted by molar-refractivity contribution is 0.00578. The Bertz CT molecular complexity index is 659. The molecule has 1 N–H and O–H groups in total. The average molecular weight is 321 g/mol. The topological polar surface area (TPSA) is 56.8 Å². The normalized spacial score (nSPS) is 22.2. The molecular weight excluding hydrogens is 300 g/mol. The lowest BCUT2D eigenvalue weighted by Gasteiger charge is -2.32. The lowest BCUT2D eigenvalue weighted by atomic mass is 9.76. The number of carbonyl (C=O) groups excluding carboxylic acids is 1. The molecule has 0 saturated carbocycles. The summed E-state index contributed by atoms with van der Waals surface area (Å²) < 4.78 is 32.2. The van der Waals surface area contributed by atoms with Crippen molar-refractivity contribution in [2.24, 2.45) is 0 Å². The van der Waals surface area contributed by atoms with E-state index in [0.29, 0.717) is 24.3 Å². The second-order valence-corrected chi connectivity index (χ2v) is 6.97. The molecule has 1 aromatic carbocycles. The minimum absolute atomic E-state index is 0.223. The molecule has 124 valence electrons. The molecule has 7 heteroatoms. The molecule has 1 saturated heterocycles. The van der Waals surface area contributed by atoms with Crippen LogP contribution in [0.4, 0.5) is 4.39 Å². The van der Waals surface area contributed by atoms with Crippen molar-refractivity contribution in [1.29, 1.82) is 0 Å². The van der Waals surface area contributed by atoms with E-state index in [1.807, 2.05) is 27.7 Å². The number of carbonyl (C=O) groups is 1. The Morgan fingerprint density at radius 3 is 2.43 bits per heavy atom. The van der Waals surface area contributed by atoms with Crippen LogP contribution in [0.25, 0.3) is 0 Å². The highest BCUT2D eigenvalue weighted by Crippen LogP contribution is 2.37. The van der Waals surface area contributed by atoms with Crippen LogP contribution in [0.5, 0.6) is 5.75 Å². The summed E-state index contributed by atoms with van der Waals surface area (Å²) in [4.78, 5) is 12.2. The van der Waals surface area contributed by atoms with Crippen LogP contribution in [0.1, 0.15) is 43.6 Å². The third-order valence-corrected chi connectivity index (χ3v) is 4.85. The Morgan fingerprint density at radius 1 is 1.22 bits per heavy atom. The van der Waals surface area contributed by atoms with Gasteiger partial charge >= 0.3 is 7.12 Å². The van der Waals surface area contributed by atoms with Gasteiger partial charge in [0.15, 0.2) is 0 Å². The number of hydrogen-bond donors (Lipinski definition) is 1. The second-order valence-electron chi connectivity index (χ2n) is 6.97. The first-order chi connectivity index (χ1) is 10.6. The predicted molar refractivity (Wildman–Crippen MR) is 84.7 cm³/mol. The summed E-state index contributed by atoms with van der Waals surface area (Å²) in [6, 6.07) is 1.47. The number of fused-ring (bicyclic) bond motifs is 1. The molecule has 0 aromatic heterocycles. The Balaban J connectivity index is 2.08. The van der Waals surface area contributed by atoms with Crippen LogP contribution in [0, 0.1) is 12.7 Å². The van der Waals surface area contributed by atoms with E-state index in [1.54, 1.807) is 6.92 Å². The summed E-state index contributed by atoms with van der Waals surface area (Å²) in [6.07, 6.45) is 0. The molecule has 2 aliphatic heterocycles.